The molecule has 2 rings (SSSR count). The van der Waals surface area contributed by atoms with E-state index in [1.807, 2.05) is 18.4 Å². The van der Waals surface area contributed by atoms with Gasteiger partial charge in [-0.15, -0.1) is 6.58 Å². The molecular formula is C15H16ClN3OS2. The van der Waals surface area contributed by atoms with Gasteiger partial charge >= 0.3 is 0 Å². The van der Waals surface area contributed by atoms with Crippen LogP contribution < -0.4 is 4.90 Å². The van der Waals surface area contributed by atoms with Crippen molar-refractivity contribution in [3.63, 3.8) is 0 Å². The van der Waals surface area contributed by atoms with Crippen LogP contribution >= 0.6 is 34.7 Å². The summed E-state index contributed by atoms with van der Waals surface area (Å²) in [5.74, 6) is 0.802. The molecule has 0 N–H and O–H groups in total. The van der Waals surface area contributed by atoms with Crippen LogP contribution in [0.5, 0.6) is 0 Å². The summed E-state index contributed by atoms with van der Waals surface area (Å²) in [4.78, 5) is 22.4. The van der Waals surface area contributed by atoms with E-state index in [9.17, 15) is 4.79 Å². The number of hydrogen-bond acceptors (Lipinski definition) is 5. The summed E-state index contributed by atoms with van der Waals surface area (Å²) < 4.78 is 0. The summed E-state index contributed by atoms with van der Waals surface area (Å²) in [5, 5.41) is 1.74. The first-order valence-electron chi connectivity index (χ1n) is 6.64. The predicted molar refractivity (Wildman–Crippen MR) is 95.9 cm³/mol. The van der Waals surface area contributed by atoms with Crippen LogP contribution in [0.15, 0.2) is 37.2 Å². The molecule has 116 valence electrons. The largest absolute Gasteiger partial charge is 0.297 e. The maximum atomic E-state index is 12.4. The zero-order chi connectivity index (χ0) is 15.9. The molecule has 2 aromatic heterocycles. The van der Waals surface area contributed by atoms with Crippen molar-refractivity contribution in [2.24, 2.45) is 0 Å². The number of aromatic nitrogens is 2. The number of carbonyl (C=O) groups excluding carboxylic acids is 1. The molecule has 22 heavy (non-hydrogen) atoms. The van der Waals surface area contributed by atoms with E-state index in [2.05, 4.69) is 16.5 Å². The van der Waals surface area contributed by atoms with Crippen LogP contribution in [0.4, 0.5) is 5.00 Å². The number of rotatable bonds is 7. The Morgan fingerprint density at radius 2 is 2.41 bits per heavy atom. The summed E-state index contributed by atoms with van der Waals surface area (Å²) in [5.41, 5.74) is 0.885. The number of anilines is 1. The van der Waals surface area contributed by atoms with Crippen molar-refractivity contribution in [2.75, 3.05) is 23.5 Å². The molecule has 2 aromatic rings. The highest BCUT2D eigenvalue weighted by Gasteiger charge is 2.21. The molecule has 7 heteroatoms. The van der Waals surface area contributed by atoms with Gasteiger partial charge in [-0.25, -0.2) is 4.98 Å². The molecule has 0 radical (unpaired) electrons. The van der Waals surface area contributed by atoms with Crippen molar-refractivity contribution >= 4 is 45.6 Å². The maximum absolute atomic E-state index is 12.4. The van der Waals surface area contributed by atoms with Crippen LogP contribution in [0.1, 0.15) is 6.42 Å². The first-order chi connectivity index (χ1) is 10.7. The Morgan fingerprint density at radius 3 is 3.05 bits per heavy atom. The number of thioether (sulfide) groups is 1. The summed E-state index contributed by atoms with van der Waals surface area (Å²) in [6.07, 6.45) is 7.56. The third-order valence-electron chi connectivity index (χ3n) is 2.86. The van der Waals surface area contributed by atoms with E-state index in [4.69, 9.17) is 11.6 Å². The normalized spacial score (nSPS) is 10.5. The van der Waals surface area contributed by atoms with Crippen LogP contribution in [0.2, 0.25) is 5.15 Å². The van der Waals surface area contributed by atoms with E-state index in [-0.39, 0.29) is 5.91 Å². The lowest BCUT2D eigenvalue weighted by molar-refractivity contribution is -0.118. The quantitative estimate of drug-likeness (QED) is 0.702. The Balaban J connectivity index is 2.30. The molecule has 0 bridgehead atoms. The second-order valence-electron chi connectivity index (χ2n) is 4.39. The Bertz CT molecular complexity index is 645. The van der Waals surface area contributed by atoms with Crippen molar-refractivity contribution in [1.82, 2.24) is 9.97 Å². The predicted octanol–water partition coefficient (Wildman–Crippen LogP) is 4.13. The molecule has 0 aliphatic rings. The van der Waals surface area contributed by atoms with Gasteiger partial charge in [0.15, 0.2) is 5.15 Å². The highest BCUT2D eigenvalue weighted by molar-refractivity contribution is 7.98. The Morgan fingerprint density at radius 1 is 1.59 bits per heavy atom. The fourth-order valence-electron chi connectivity index (χ4n) is 1.82. The summed E-state index contributed by atoms with van der Waals surface area (Å²) in [6.45, 7) is 4.13. The van der Waals surface area contributed by atoms with Crippen molar-refractivity contribution in [3.8, 4) is 10.6 Å². The zero-order valence-electron chi connectivity index (χ0n) is 12.2. The fraction of sp³-hybridized carbons (Fsp3) is 0.267. The molecule has 2 heterocycles. The van der Waals surface area contributed by atoms with E-state index >= 15 is 0 Å². The zero-order valence-corrected chi connectivity index (χ0v) is 14.5. The van der Waals surface area contributed by atoms with Gasteiger partial charge in [-0.1, -0.05) is 29.0 Å². The Labute approximate surface area is 143 Å². The number of nitrogens with zero attached hydrogens (tertiary/aromatic N) is 3. The molecule has 0 spiro atoms. The molecule has 0 saturated carbocycles. The lowest BCUT2D eigenvalue weighted by atomic mass is 10.3. The molecule has 0 aliphatic heterocycles. The standard InChI is InChI=1S/C15H16ClN3OS2/c1-3-8-19(12(20)6-9-21-2)15-13(16)18-14(22-15)11-5-4-7-17-10-11/h3-5,7,10H,1,6,8-9H2,2H3. The van der Waals surface area contributed by atoms with E-state index in [1.165, 1.54) is 11.3 Å². The summed E-state index contributed by atoms with van der Waals surface area (Å²) >= 11 is 9.28. The second-order valence-corrected chi connectivity index (χ2v) is 6.71. The molecule has 0 unspecified atom stereocenters. The van der Waals surface area contributed by atoms with Gasteiger partial charge in [0.05, 0.1) is 0 Å². The van der Waals surface area contributed by atoms with Crippen LogP contribution in [0.3, 0.4) is 0 Å². The SMILES string of the molecule is C=CCN(C(=O)CCSC)c1sc(-c2cccnc2)nc1Cl. The molecule has 0 aromatic carbocycles. The van der Waals surface area contributed by atoms with Crippen molar-refractivity contribution in [1.29, 1.82) is 0 Å². The molecule has 0 atom stereocenters. The van der Waals surface area contributed by atoms with Crippen molar-refractivity contribution in [3.05, 3.63) is 42.3 Å². The number of halogens is 1. The third kappa shape index (κ3) is 4.09. The number of pyridine rings is 1. The van der Waals surface area contributed by atoms with Crippen LogP contribution in [0, 0.1) is 0 Å². The van der Waals surface area contributed by atoms with Gasteiger partial charge in [-0.3, -0.25) is 14.7 Å². The van der Waals surface area contributed by atoms with E-state index < -0.39 is 0 Å². The van der Waals surface area contributed by atoms with Crippen LogP contribution in [-0.2, 0) is 4.79 Å². The van der Waals surface area contributed by atoms with Gasteiger partial charge in [-0.2, -0.15) is 11.8 Å². The van der Waals surface area contributed by atoms with Gasteiger partial charge < -0.3 is 0 Å². The topological polar surface area (TPSA) is 46.1 Å². The van der Waals surface area contributed by atoms with Crippen molar-refractivity contribution < 1.29 is 4.79 Å². The molecular weight excluding hydrogens is 338 g/mol. The molecule has 4 nitrogen and oxygen atoms in total. The molecule has 0 fully saturated rings. The van der Waals surface area contributed by atoms with Crippen LogP contribution in [0.25, 0.3) is 10.6 Å². The van der Waals surface area contributed by atoms with Gasteiger partial charge in [0.2, 0.25) is 5.91 Å². The van der Waals surface area contributed by atoms with E-state index in [0.717, 1.165) is 16.3 Å². The average Bonchev–Trinajstić information content (AvgIpc) is 2.93. The monoisotopic (exact) mass is 353 g/mol. The lowest BCUT2D eigenvalue weighted by Crippen LogP contribution is -2.30. The number of amides is 1. The first-order valence-corrected chi connectivity index (χ1v) is 9.23. The smallest absolute Gasteiger partial charge is 0.228 e. The highest BCUT2D eigenvalue weighted by atomic mass is 35.5. The Hall–Kier alpha value is -1.37. The van der Waals surface area contributed by atoms with Gasteiger partial charge in [0, 0.05) is 36.7 Å². The number of hydrogen-bond donors (Lipinski definition) is 0. The Kier molecular flexibility index (Phi) is 6.42. The number of thiazole rings is 1. The minimum Gasteiger partial charge on any atom is -0.297 e. The third-order valence-corrected chi connectivity index (χ3v) is 4.97. The van der Waals surface area contributed by atoms with Crippen LogP contribution in [-0.4, -0.2) is 34.4 Å². The first kappa shape index (κ1) is 17.0. The van der Waals surface area contributed by atoms with Gasteiger partial charge in [0.25, 0.3) is 0 Å². The van der Waals surface area contributed by atoms with E-state index in [0.29, 0.717) is 23.1 Å². The molecule has 1 amide bonds. The average molecular weight is 354 g/mol. The van der Waals surface area contributed by atoms with Gasteiger partial charge in [-0.05, 0) is 18.4 Å². The number of carbonyl (C=O) groups is 1. The maximum Gasteiger partial charge on any atom is 0.228 e. The summed E-state index contributed by atoms with van der Waals surface area (Å²) in [6, 6.07) is 3.76. The fourth-order valence-corrected chi connectivity index (χ4v) is 3.53. The second kappa shape index (κ2) is 8.31. The summed E-state index contributed by atoms with van der Waals surface area (Å²) in [7, 11) is 0. The minimum atomic E-state index is 0.0255. The molecule has 0 aliphatic carbocycles. The van der Waals surface area contributed by atoms with Gasteiger partial charge in [0.1, 0.15) is 10.0 Å². The van der Waals surface area contributed by atoms with Crippen molar-refractivity contribution in [2.45, 2.75) is 6.42 Å². The minimum absolute atomic E-state index is 0.0255. The molecule has 0 saturated heterocycles. The van der Waals surface area contributed by atoms with E-state index in [1.54, 1.807) is 35.1 Å². The highest BCUT2D eigenvalue weighted by Crippen LogP contribution is 2.37. The lowest BCUT2D eigenvalue weighted by Gasteiger charge is -2.19.